The molecule has 0 amide bonds. The van der Waals surface area contributed by atoms with Crippen LogP contribution in [0.1, 0.15) is 24.1 Å². The van der Waals surface area contributed by atoms with E-state index in [1.807, 2.05) is 66.1 Å². The number of pyridine rings is 2. The fraction of sp³-hybridized carbons (Fsp3) is 0.125. The molecule has 1 aromatic carbocycles. The topological polar surface area (TPSA) is 69.6 Å². The zero-order valence-corrected chi connectivity index (χ0v) is 16.5. The Morgan fingerprint density at radius 3 is 2.53 bits per heavy atom. The van der Waals surface area contributed by atoms with Crippen LogP contribution in [0.4, 0.5) is 10.2 Å². The van der Waals surface area contributed by atoms with E-state index in [0.29, 0.717) is 40.5 Å². The van der Waals surface area contributed by atoms with Gasteiger partial charge in [-0.1, -0.05) is 23.8 Å². The van der Waals surface area contributed by atoms with Crippen LogP contribution in [-0.2, 0) is 0 Å². The molecular formula is C24H20FN5. The van der Waals surface area contributed by atoms with Crippen molar-refractivity contribution in [2.45, 2.75) is 19.8 Å². The van der Waals surface area contributed by atoms with Crippen LogP contribution < -0.4 is 5.73 Å². The molecule has 6 heteroatoms. The second-order valence-electron chi connectivity index (χ2n) is 7.33. The van der Waals surface area contributed by atoms with Crippen molar-refractivity contribution in [1.82, 2.24) is 19.5 Å². The lowest BCUT2D eigenvalue weighted by Crippen LogP contribution is -2.03. The zero-order valence-electron chi connectivity index (χ0n) is 16.5. The highest BCUT2D eigenvalue weighted by Gasteiger charge is 2.20. The number of halogens is 1. The number of aryl methyl sites for hydroxylation is 1. The molecule has 0 saturated carbocycles. The van der Waals surface area contributed by atoms with E-state index in [-0.39, 0.29) is 5.83 Å². The number of allylic oxidation sites excluding steroid dienone is 4. The maximum Gasteiger partial charge on any atom is 0.165 e. The molecule has 3 heterocycles. The van der Waals surface area contributed by atoms with Gasteiger partial charge in [0, 0.05) is 17.5 Å². The summed E-state index contributed by atoms with van der Waals surface area (Å²) in [7, 11) is 0. The molecule has 1 aliphatic carbocycles. The third-order valence-corrected chi connectivity index (χ3v) is 5.25. The van der Waals surface area contributed by atoms with E-state index in [1.165, 1.54) is 0 Å². The molecule has 0 fully saturated rings. The number of rotatable bonds is 3. The molecule has 30 heavy (non-hydrogen) atoms. The molecule has 0 aliphatic heterocycles. The minimum absolute atomic E-state index is 0.230. The number of benzene rings is 1. The largest absolute Gasteiger partial charge is 0.383 e. The smallest absolute Gasteiger partial charge is 0.165 e. The van der Waals surface area contributed by atoms with Crippen molar-refractivity contribution in [2.24, 2.45) is 0 Å². The highest BCUT2D eigenvalue weighted by Crippen LogP contribution is 2.33. The maximum atomic E-state index is 14.4. The first-order valence-electron chi connectivity index (χ1n) is 9.86. The van der Waals surface area contributed by atoms with Gasteiger partial charge in [0.05, 0.1) is 11.3 Å². The Morgan fingerprint density at radius 1 is 0.967 bits per heavy atom. The van der Waals surface area contributed by atoms with Gasteiger partial charge in [-0.25, -0.2) is 19.3 Å². The van der Waals surface area contributed by atoms with Crippen LogP contribution in [0.5, 0.6) is 0 Å². The quantitative estimate of drug-likeness (QED) is 0.502. The zero-order chi connectivity index (χ0) is 20.7. The highest BCUT2D eigenvalue weighted by molar-refractivity contribution is 5.85. The number of fused-ring (bicyclic) bond motifs is 1. The monoisotopic (exact) mass is 397 g/mol. The van der Waals surface area contributed by atoms with Crippen molar-refractivity contribution in [3.8, 4) is 17.1 Å². The number of imidazole rings is 1. The van der Waals surface area contributed by atoms with Gasteiger partial charge in [-0.05, 0) is 62.2 Å². The van der Waals surface area contributed by atoms with Crippen LogP contribution in [0.3, 0.4) is 0 Å². The van der Waals surface area contributed by atoms with Crippen LogP contribution in [0, 0.1) is 6.92 Å². The summed E-state index contributed by atoms with van der Waals surface area (Å²) in [5, 5.41) is 0. The Morgan fingerprint density at radius 2 is 1.77 bits per heavy atom. The molecule has 0 radical (unpaired) electrons. The number of hydrogen-bond donors (Lipinski definition) is 1. The molecule has 0 saturated heterocycles. The van der Waals surface area contributed by atoms with E-state index < -0.39 is 0 Å². The van der Waals surface area contributed by atoms with E-state index >= 15 is 0 Å². The van der Waals surface area contributed by atoms with Gasteiger partial charge in [0.25, 0.3) is 0 Å². The maximum absolute atomic E-state index is 14.4. The molecule has 5 nitrogen and oxygen atoms in total. The van der Waals surface area contributed by atoms with E-state index in [4.69, 9.17) is 15.7 Å². The summed E-state index contributed by atoms with van der Waals surface area (Å²) in [6.45, 7) is 2.04. The number of nitrogen functional groups attached to an aromatic ring is 1. The minimum atomic E-state index is -0.230. The molecule has 0 bridgehead atoms. The number of anilines is 1. The number of nitrogens with zero attached hydrogens (tertiary/aromatic N) is 4. The standard InChI is InChI=1S/C24H20FN5/c1-15-8-10-16(11-9-15)30-23(18-6-4-14-27-22(18)26)29-21-13-12-20(28-24(21)30)17-5-2-3-7-19(17)25/h4-14H,2-3H2,1H3,(H2,26,27). The van der Waals surface area contributed by atoms with Gasteiger partial charge >= 0.3 is 0 Å². The van der Waals surface area contributed by atoms with Crippen LogP contribution in [0.15, 0.2) is 72.7 Å². The Hall–Kier alpha value is -3.80. The van der Waals surface area contributed by atoms with E-state index in [9.17, 15) is 4.39 Å². The van der Waals surface area contributed by atoms with Gasteiger partial charge in [-0.2, -0.15) is 0 Å². The summed E-state index contributed by atoms with van der Waals surface area (Å²) in [5.74, 6) is 0.814. The molecule has 0 unspecified atom stereocenters. The average Bonchev–Trinajstić information content (AvgIpc) is 3.13. The van der Waals surface area contributed by atoms with E-state index in [0.717, 1.165) is 23.2 Å². The van der Waals surface area contributed by atoms with Crippen LogP contribution in [0.25, 0.3) is 33.8 Å². The molecule has 3 aromatic heterocycles. The van der Waals surface area contributed by atoms with Crippen molar-refractivity contribution >= 4 is 22.6 Å². The van der Waals surface area contributed by atoms with Crippen LogP contribution >= 0.6 is 0 Å². The molecule has 148 valence electrons. The van der Waals surface area contributed by atoms with Gasteiger partial charge in [0.2, 0.25) is 0 Å². The summed E-state index contributed by atoms with van der Waals surface area (Å²) in [6.07, 6.45) is 6.68. The predicted molar refractivity (Wildman–Crippen MR) is 118 cm³/mol. The third kappa shape index (κ3) is 3.06. The normalized spacial score (nSPS) is 13.9. The lowest BCUT2D eigenvalue weighted by atomic mass is 10.0. The van der Waals surface area contributed by atoms with Gasteiger partial charge in [-0.3, -0.25) is 4.57 Å². The van der Waals surface area contributed by atoms with Crippen molar-refractivity contribution in [3.63, 3.8) is 0 Å². The first-order chi connectivity index (χ1) is 14.6. The Bertz CT molecular complexity index is 1320. The molecule has 5 rings (SSSR count). The fourth-order valence-corrected chi connectivity index (χ4v) is 3.71. The summed E-state index contributed by atoms with van der Waals surface area (Å²) in [5.41, 5.74) is 11.4. The van der Waals surface area contributed by atoms with Crippen molar-refractivity contribution in [3.05, 3.63) is 84.0 Å². The Balaban J connectivity index is 1.79. The fourth-order valence-electron chi connectivity index (χ4n) is 3.71. The number of aromatic nitrogens is 4. The molecule has 4 aromatic rings. The molecule has 1 aliphatic rings. The number of nitrogens with two attached hydrogens (primary N) is 1. The van der Waals surface area contributed by atoms with Crippen molar-refractivity contribution in [2.75, 3.05) is 5.73 Å². The van der Waals surface area contributed by atoms with Crippen LogP contribution in [-0.4, -0.2) is 19.5 Å². The summed E-state index contributed by atoms with van der Waals surface area (Å²) in [4.78, 5) is 13.8. The molecule has 0 spiro atoms. The highest BCUT2D eigenvalue weighted by atomic mass is 19.1. The van der Waals surface area contributed by atoms with E-state index in [1.54, 1.807) is 12.3 Å². The summed E-state index contributed by atoms with van der Waals surface area (Å²) in [6, 6.07) is 15.5. The number of hydrogen-bond acceptors (Lipinski definition) is 4. The molecule has 0 atom stereocenters. The first-order valence-corrected chi connectivity index (χ1v) is 9.86. The van der Waals surface area contributed by atoms with Gasteiger partial charge in [0.15, 0.2) is 11.5 Å². The third-order valence-electron chi connectivity index (χ3n) is 5.25. The summed E-state index contributed by atoms with van der Waals surface area (Å²) < 4.78 is 16.4. The van der Waals surface area contributed by atoms with Gasteiger partial charge < -0.3 is 5.73 Å². The Labute approximate surface area is 173 Å². The lowest BCUT2D eigenvalue weighted by molar-refractivity contribution is 0.659. The SMILES string of the molecule is Cc1ccc(-n2c(-c3cccnc3N)nc3ccc(C4=CCCC=C4F)nc32)cc1. The second-order valence-corrected chi connectivity index (χ2v) is 7.33. The lowest BCUT2D eigenvalue weighted by Gasteiger charge is -2.12. The van der Waals surface area contributed by atoms with E-state index in [2.05, 4.69) is 4.98 Å². The molecular weight excluding hydrogens is 377 g/mol. The van der Waals surface area contributed by atoms with Crippen molar-refractivity contribution < 1.29 is 4.39 Å². The second kappa shape index (κ2) is 7.22. The Kier molecular flexibility index (Phi) is 4.39. The molecule has 2 N–H and O–H groups in total. The summed E-state index contributed by atoms with van der Waals surface area (Å²) >= 11 is 0. The van der Waals surface area contributed by atoms with Gasteiger partial charge in [-0.15, -0.1) is 0 Å². The van der Waals surface area contributed by atoms with Crippen molar-refractivity contribution in [1.29, 1.82) is 0 Å². The predicted octanol–water partition coefficient (Wildman–Crippen LogP) is 5.40. The van der Waals surface area contributed by atoms with Crippen LogP contribution in [0.2, 0.25) is 0 Å². The average molecular weight is 397 g/mol. The minimum Gasteiger partial charge on any atom is -0.383 e. The first kappa shape index (κ1) is 18.2. The van der Waals surface area contributed by atoms with Gasteiger partial charge in [0.1, 0.15) is 17.2 Å².